The third-order valence-electron chi connectivity index (χ3n) is 5.94. The van der Waals surface area contributed by atoms with Gasteiger partial charge >= 0.3 is 0 Å². The van der Waals surface area contributed by atoms with Crippen LogP contribution < -0.4 is 5.32 Å². The maximum absolute atomic E-state index is 13.1. The predicted octanol–water partition coefficient (Wildman–Crippen LogP) is 3.58. The van der Waals surface area contributed by atoms with Gasteiger partial charge in [0.15, 0.2) is 0 Å². The molecule has 6 nitrogen and oxygen atoms in total. The van der Waals surface area contributed by atoms with E-state index in [9.17, 15) is 9.59 Å². The van der Waals surface area contributed by atoms with Crippen LogP contribution in [0.2, 0.25) is 0 Å². The Labute approximate surface area is 178 Å². The van der Waals surface area contributed by atoms with Crippen LogP contribution in [0.4, 0.5) is 5.82 Å². The molecule has 0 radical (unpaired) electrons. The minimum absolute atomic E-state index is 0.00587. The molecule has 2 aliphatic rings. The zero-order valence-electron chi connectivity index (χ0n) is 16.3. The van der Waals surface area contributed by atoms with Crippen LogP contribution in [0.3, 0.4) is 0 Å². The van der Waals surface area contributed by atoms with Gasteiger partial charge in [0.2, 0.25) is 11.8 Å². The van der Waals surface area contributed by atoms with Crippen LogP contribution in [-0.2, 0) is 16.0 Å². The fourth-order valence-corrected chi connectivity index (χ4v) is 4.52. The first-order chi connectivity index (χ1) is 13.8. The average Bonchev–Trinajstić information content (AvgIpc) is 3.25. The number of carbonyl (C=O) groups is 2. The van der Waals surface area contributed by atoms with Crippen molar-refractivity contribution >= 4 is 33.6 Å². The van der Waals surface area contributed by atoms with Gasteiger partial charge < -0.3 is 10.2 Å². The quantitative estimate of drug-likeness (QED) is 0.718. The summed E-state index contributed by atoms with van der Waals surface area (Å²) in [6.45, 7) is 4.01. The number of piperidine rings is 1. The second-order valence-electron chi connectivity index (χ2n) is 8.17. The Morgan fingerprint density at radius 1 is 1.34 bits per heavy atom. The fourth-order valence-electron chi connectivity index (χ4n) is 4.21. The van der Waals surface area contributed by atoms with E-state index < -0.39 is 6.04 Å². The first-order valence-electron chi connectivity index (χ1n) is 9.55. The van der Waals surface area contributed by atoms with Crippen LogP contribution in [0.1, 0.15) is 36.5 Å². The van der Waals surface area contributed by atoms with Crippen LogP contribution in [0, 0.1) is 23.7 Å². The van der Waals surface area contributed by atoms with Crippen molar-refractivity contribution in [1.82, 2.24) is 9.88 Å². The molecule has 29 heavy (non-hydrogen) atoms. The molecule has 2 amide bonds. The van der Waals surface area contributed by atoms with E-state index in [4.69, 9.17) is 5.26 Å². The Morgan fingerprint density at radius 2 is 2.14 bits per heavy atom. The van der Waals surface area contributed by atoms with Crippen LogP contribution in [0.15, 0.2) is 41.0 Å². The number of aromatic nitrogens is 1. The van der Waals surface area contributed by atoms with Crippen molar-refractivity contribution in [2.75, 3.05) is 5.32 Å². The lowest BCUT2D eigenvalue weighted by atomic mass is 10.0. The van der Waals surface area contributed by atoms with E-state index in [0.29, 0.717) is 22.4 Å². The lowest BCUT2D eigenvalue weighted by Gasteiger charge is -2.27. The van der Waals surface area contributed by atoms with Gasteiger partial charge in [-0.2, -0.15) is 5.26 Å². The number of anilines is 1. The lowest BCUT2D eigenvalue weighted by molar-refractivity contribution is -0.137. The van der Waals surface area contributed by atoms with Crippen molar-refractivity contribution in [2.45, 2.75) is 45.2 Å². The second-order valence-corrected chi connectivity index (χ2v) is 8.99. The molecule has 2 aromatic rings. The number of aryl methyl sites for hydroxylation is 1. The highest BCUT2D eigenvalue weighted by atomic mass is 79.9. The molecule has 1 aromatic heterocycles. The minimum atomic E-state index is -0.509. The number of rotatable bonds is 4. The van der Waals surface area contributed by atoms with Crippen LogP contribution >= 0.6 is 15.9 Å². The number of fused-ring (bicyclic) bond motifs is 1. The first-order valence-corrected chi connectivity index (χ1v) is 10.3. The highest BCUT2D eigenvalue weighted by Crippen LogP contribution is 2.59. The van der Waals surface area contributed by atoms with E-state index >= 15 is 0 Å². The first kappa shape index (κ1) is 19.6. The Kier molecular flexibility index (Phi) is 4.91. The number of likely N-dealkylation sites (tertiary alicyclic amines) is 1. The summed E-state index contributed by atoms with van der Waals surface area (Å²) in [5.41, 5.74) is 2.18. The summed E-state index contributed by atoms with van der Waals surface area (Å²) in [6, 6.07) is 12.4. The number of hydrogen-bond donors (Lipinski definition) is 1. The number of carbonyl (C=O) groups excluding carboxylic acids is 2. The number of amides is 2. The second kappa shape index (κ2) is 7.27. The van der Waals surface area contributed by atoms with Crippen molar-refractivity contribution in [2.24, 2.45) is 5.41 Å². The number of nitrogens with zero attached hydrogens (tertiary/aromatic N) is 3. The summed E-state index contributed by atoms with van der Waals surface area (Å²) >= 11 is 3.33. The molecule has 1 saturated carbocycles. The number of benzene rings is 1. The highest BCUT2D eigenvalue weighted by molar-refractivity contribution is 9.10. The van der Waals surface area contributed by atoms with Gasteiger partial charge in [-0.15, -0.1) is 0 Å². The highest BCUT2D eigenvalue weighted by Gasteiger charge is 2.64. The number of halogens is 1. The van der Waals surface area contributed by atoms with E-state index in [1.165, 1.54) is 0 Å². The zero-order chi connectivity index (χ0) is 20.8. The summed E-state index contributed by atoms with van der Waals surface area (Å²) in [6.07, 6.45) is 1.76. The molecular weight excluding hydrogens is 432 g/mol. The molecule has 1 saturated heterocycles. The maximum Gasteiger partial charge on any atom is 0.248 e. The molecule has 7 heteroatoms. The summed E-state index contributed by atoms with van der Waals surface area (Å²) in [5, 5.41) is 12.0. The Hall–Kier alpha value is -2.72. The zero-order valence-corrected chi connectivity index (χ0v) is 17.9. The molecule has 148 valence electrons. The normalized spacial score (nSPS) is 24.6. The summed E-state index contributed by atoms with van der Waals surface area (Å²) in [4.78, 5) is 32.3. The van der Waals surface area contributed by atoms with Crippen molar-refractivity contribution in [3.63, 3.8) is 0 Å². The molecule has 3 atom stereocenters. The smallest absolute Gasteiger partial charge is 0.248 e. The molecule has 1 aromatic carbocycles. The van der Waals surface area contributed by atoms with Gasteiger partial charge in [0.25, 0.3) is 0 Å². The van der Waals surface area contributed by atoms with Gasteiger partial charge in [0, 0.05) is 6.04 Å². The van der Waals surface area contributed by atoms with Crippen LogP contribution in [0.5, 0.6) is 0 Å². The minimum Gasteiger partial charge on any atom is -0.327 e. The third-order valence-corrected chi connectivity index (χ3v) is 6.38. The summed E-state index contributed by atoms with van der Waals surface area (Å²) < 4.78 is 0.643. The van der Waals surface area contributed by atoms with Gasteiger partial charge in [-0.1, -0.05) is 25.1 Å². The number of hydrogen-bond acceptors (Lipinski definition) is 4. The standard InChI is InChI=1S/C22H21BrN4O2/c1-13-6-7-18(23)25-20(13)26-21(29)16-10-22(2)11-17(22)27(16)19(28)9-14-4-3-5-15(8-14)12-24/h3-8,16-17H,9-11H2,1-2H3,(H,25,26,29)/t16-,17+,22-/m0/s1. The number of nitrogens with one attached hydrogen (secondary N) is 1. The Bertz CT molecular complexity index is 1050. The van der Waals surface area contributed by atoms with E-state index in [-0.39, 0.29) is 29.7 Å². The lowest BCUT2D eigenvalue weighted by Crippen LogP contribution is -2.46. The molecule has 1 N–H and O–H groups in total. The van der Waals surface area contributed by atoms with Crippen molar-refractivity contribution in [3.8, 4) is 6.07 Å². The van der Waals surface area contributed by atoms with E-state index in [0.717, 1.165) is 17.5 Å². The number of nitriles is 1. The van der Waals surface area contributed by atoms with E-state index in [1.54, 1.807) is 23.1 Å². The largest absolute Gasteiger partial charge is 0.327 e. The summed E-state index contributed by atoms with van der Waals surface area (Å²) in [5.74, 6) is 0.223. The van der Waals surface area contributed by atoms with Crippen LogP contribution in [0.25, 0.3) is 0 Å². The van der Waals surface area contributed by atoms with Crippen molar-refractivity contribution in [3.05, 3.63) is 57.7 Å². The average molecular weight is 453 g/mol. The molecule has 2 heterocycles. The molecule has 1 aliphatic heterocycles. The van der Waals surface area contributed by atoms with Crippen LogP contribution in [-0.4, -0.2) is 33.8 Å². The molecule has 1 aliphatic carbocycles. The third kappa shape index (κ3) is 3.77. The number of pyridine rings is 1. The topological polar surface area (TPSA) is 86.1 Å². The van der Waals surface area contributed by atoms with Gasteiger partial charge in [0.1, 0.15) is 16.5 Å². The maximum atomic E-state index is 13.1. The molecule has 2 fully saturated rings. The molecule has 0 bridgehead atoms. The predicted molar refractivity (Wildman–Crippen MR) is 112 cm³/mol. The monoisotopic (exact) mass is 452 g/mol. The SMILES string of the molecule is Cc1ccc(Br)nc1NC(=O)[C@@H]1C[C@@]2(C)C[C@H]2N1C(=O)Cc1cccc(C#N)c1. The molecular formula is C22H21BrN4O2. The van der Waals surface area contributed by atoms with Crippen molar-refractivity contribution < 1.29 is 9.59 Å². The van der Waals surface area contributed by atoms with Gasteiger partial charge in [-0.05, 0) is 70.4 Å². The Balaban J connectivity index is 1.53. The van der Waals surface area contributed by atoms with E-state index in [2.05, 4.69) is 39.2 Å². The van der Waals surface area contributed by atoms with Gasteiger partial charge in [0.05, 0.1) is 18.1 Å². The van der Waals surface area contributed by atoms with Gasteiger partial charge in [-0.25, -0.2) is 4.98 Å². The van der Waals surface area contributed by atoms with Crippen molar-refractivity contribution in [1.29, 1.82) is 5.26 Å². The fraction of sp³-hybridized carbons (Fsp3) is 0.364. The molecule has 0 unspecified atom stereocenters. The van der Waals surface area contributed by atoms with Gasteiger partial charge in [-0.3, -0.25) is 9.59 Å². The molecule has 0 spiro atoms. The Morgan fingerprint density at radius 3 is 2.90 bits per heavy atom. The molecule has 4 rings (SSSR count). The van der Waals surface area contributed by atoms with E-state index in [1.807, 2.05) is 25.1 Å². The summed E-state index contributed by atoms with van der Waals surface area (Å²) in [7, 11) is 0.